The molecule has 2 rings (SSSR count). The zero-order valence-electron chi connectivity index (χ0n) is 7.18. The number of rotatable bonds is 2. The van der Waals surface area contributed by atoms with Crippen LogP contribution < -0.4 is 0 Å². The second kappa shape index (κ2) is 3.62. The summed E-state index contributed by atoms with van der Waals surface area (Å²) in [5, 5.41) is 18.4. The first-order valence-electron chi connectivity index (χ1n) is 3.81. The first-order valence-corrected chi connectivity index (χ1v) is 4.18. The monoisotopic (exact) mass is 225 g/mol. The van der Waals surface area contributed by atoms with Gasteiger partial charge in [0, 0.05) is 6.07 Å². The van der Waals surface area contributed by atoms with Crippen molar-refractivity contribution >= 4 is 17.6 Å². The molecular formula is C7H4ClN5O2. The van der Waals surface area contributed by atoms with Crippen molar-refractivity contribution in [3.8, 4) is 11.5 Å². The maximum Gasteiger partial charge on any atom is 0.354 e. The number of halogens is 1. The van der Waals surface area contributed by atoms with Gasteiger partial charge in [0.2, 0.25) is 0 Å². The van der Waals surface area contributed by atoms with Crippen LogP contribution in [0.25, 0.3) is 11.5 Å². The van der Waals surface area contributed by atoms with E-state index < -0.39 is 5.97 Å². The number of hydrogen-bond donors (Lipinski definition) is 2. The Morgan fingerprint density at radius 1 is 1.47 bits per heavy atom. The van der Waals surface area contributed by atoms with Gasteiger partial charge in [0.25, 0.3) is 0 Å². The van der Waals surface area contributed by atoms with E-state index in [1.165, 1.54) is 6.20 Å². The average Bonchev–Trinajstić information content (AvgIpc) is 2.69. The lowest BCUT2D eigenvalue weighted by molar-refractivity contribution is 0.0690. The van der Waals surface area contributed by atoms with Crippen LogP contribution in [0.4, 0.5) is 0 Å². The van der Waals surface area contributed by atoms with E-state index in [9.17, 15) is 4.79 Å². The molecule has 2 heterocycles. The van der Waals surface area contributed by atoms with Gasteiger partial charge >= 0.3 is 5.97 Å². The third kappa shape index (κ3) is 1.91. The second-order valence-corrected chi connectivity index (χ2v) is 2.95. The lowest BCUT2D eigenvalue weighted by Gasteiger charge is -1.98. The molecule has 0 fully saturated rings. The maximum atomic E-state index is 10.7. The van der Waals surface area contributed by atoms with Crippen LogP contribution in [0, 0.1) is 0 Å². The number of nitrogens with one attached hydrogen (secondary N) is 1. The fourth-order valence-electron chi connectivity index (χ4n) is 0.951. The molecule has 2 aromatic heterocycles. The van der Waals surface area contributed by atoms with E-state index in [1.807, 2.05) is 0 Å². The molecular weight excluding hydrogens is 222 g/mol. The fourth-order valence-corrected chi connectivity index (χ4v) is 1.13. The summed E-state index contributed by atoms with van der Waals surface area (Å²) >= 11 is 5.64. The molecule has 0 aliphatic heterocycles. The minimum atomic E-state index is -1.18. The summed E-state index contributed by atoms with van der Waals surface area (Å²) in [6.07, 6.45) is 1.37. The number of carboxylic acids is 1. The van der Waals surface area contributed by atoms with Crippen molar-refractivity contribution in [1.29, 1.82) is 0 Å². The molecule has 0 radical (unpaired) electrons. The van der Waals surface area contributed by atoms with Crippen molar-refractivity contribution in [1.82, 2.24) is 25.4 Å². The normalized spacial score (nSPS) is 10.2. The number of carboxylic acid groups (broad SMARTS) is 1. The zero-order valence-corrected chi connectivity index (χ0v) is 7.93. The van der Waals surface area contributed by atoms with Crippen molar-refractivity contribution in [2.24, 2.45) is 0 Å². The molecule has 0 aromatic carbocycles. The van der Waals surface area contributed by atoms with E-state index in [0.717, 1.165) is 6.07 Å². The quantitative estimate of drug-likeness (QED) is 0.726. The smallest absolute Gasteiger partial charge is 0.354 e. The van der Waals surface area contributed by atoms with Crippen molar-refractivity contribution in [2.75, 3.05) is 0 Å². The molecule has 0 aliphatic rings. The first kappa shape index (κ1) is 9.53. The maximum absolute atomic E-state index is 10.7. The van der Waals surface area contributed by atoms with Crippen molar-refractivity contribution < 1.29 is 9.90 Å². The van der Waals surface area contributed by atoms with E-state index in [4.69, 9.17) is 16.7 Å². The number of carbonyl (C=O) groups is 1. The van der Waals surface area contributed by atoms with Crippen LogP contribution in [0.5, 0.6) is 0 Å². The molecule has 76 valence electrons. The van der Waals surface area contributed by atoms with Crippen LogP contribution in [0.2, 0.25) is 5.15 Å². The summed E-state index contributed by atoms with van der Waals surface area (Å²) in [6, 6.07) is 1.16. The summed E-state index contributed by atoms with van der Waals surface area (Å²) in [5.41, 5.74) is 0.146. The predicted molar refractivity (Wildman–Crippen MR) is 49.4 cm³/mol. The minimum Gasteiger partial charge on any atom is -0.477 e. The summed E-state index contributed by atoms with van der Waals surface area (Å²) in [7, 11) is 0. The lowest BCUT2D eigenvalue weighted by atomic mass is 10.3. The van der Waals surface area contributed by atoms with Gasteiger partial charge in [0.15, 0.2) is 11.5 Å². The third-order valence-electron chi connectivity index (χ3n) is 1.56. The highest BCUT2D eigenvalue weighted by Crippen LogP contribution is 2.14. The van der Waals surface area contributed by atoms with E-state index in [1.54, 1.807) is 0 Å². The van der Waals surface area contributed by atoms with Crippen LogP contribution in [0.15, 0.2) is 12.3 Å². The minimum absolute atomic E-state index is 0.0420. The number of H-pyrrole nitrogens is 1. The fraction of sp³-hybridized carbons (Fsp3) is 0. The van der Waals surface area contributed by atoms with Crippen LogP contribution in [0.1, 0.15) is 10.5 Å². The van der Waals surface area contributed by atoms with E-state index >= 15 is 0 Å². The number of hydrogen-bond acceptors (Lipinski definition) is 5. The van der Waals surface area contributed by atoms with Crippen molar-refractivity contribution in [2.45, 2.75) is 0 Å². The number of nitrogens with zero attached hydrogens (tertiary/aromatic N) is 4. The molecule has 0 aliphatic carbocycles. The highest BCUT2D eigenvalue weighted by Gasteiger charge is 2.12. The SMILES string of the molecule is O=C(O)c1cc(Cl)nc(-c2cn[nH]n2)n1. The molecule has 0 spiro atoms. The highest BCUT2D eigenvalue weighted by atomic mass is 35.5. The molecule has 0 amide bonds. The largest absolute Gasteiger partial charge is 0.477 e. The molecule has 2 N–H and O–H groups in total. The lowest BCUT2D eigenvalue weighted by Crippen LogP contribution is -2.03. The predicted octanol–water partition coefficient (Wildman–Crippen LogP) is 0.613. The molecule has 0 atom stereocenters. The Labute approximate surface area is 88.1 Å². The van der Waals surface area contributed by atoms with Gasteiger partial charge in [0.05, 0.1) is 6.20 Å². The van der Waals surface area contributed by atoms with Gasteiger partial charge in [-0.25, -0.2) is 14.8 Å². The van der Waals surface area contributed by atoms with Gasteiger partial charge in [0.1, 0.15) is 10.8 Å². The number of aromatic amines is 1. The summed E-state index contributed by atoms with van der Waals surface area (Å²) < 4.78 is 0. The molecule has 0 unspecified atom stereocenters. The second-order valence-electron chi connectivity index (χ2n) is 2.56. The molecule has 2 aromatic rings. The molecule has 8 heteroatoms. The highest BCUT2D eigenvalue weighted by molar-refractivity contribution is 6.29. The Morgan fingerprint density at radius 3 is 2.87 bits per heavy atom. The Bertz CT molecular complexity index is 498. The van der Waals surface area contributed by atoms with Gasteiger partial charge in [-0.2, -0.15) is 15.4 Å². The molecule has 0 saturated heterocycles. The van der Waals surface area contributed by atoms with Crippen LogP contribution >= 0.6 is 11.6 Å². The Kier molecular flexibility index (Phi) is 2.30. The third-order valence-corrected chi connectivity index (χ3v) is 1.75. The number of aromatic carboxylic acids is 1. The van der Waals surface area contributed by atoms with Gasteiger partial charge < -0.3 is 5.11 Å². The van der Waals surface area contributed by atoms with E-state index in [-0.39, 0.29) is 16.7 Å². The Balaban J connectivity index is 2.54. The van der Waals surface area contributed by atoms with Crippen molar-refractivity contribution in [3.05, 3.63) is 23.1 Å². The van der Waals surface area contributed by atoms with Gasteiger partial charge in [-0.05, 0) is 0 Å². The van der Waals surface area contributed by atoms with Crippen LogP contribution in [-0.2, 0) is 0 Å². The Hall–Kier alpha value is -2.02. The van der Waals surface area contributed by atoms with Crippen LogP contribution in [0.3, 0.4) is 0 Å². The first-order chi connectivity index (χ1) is 7.16. The summed E-state index contributed by atoms with van der Waals surface area (Å²) in [5.74, 6) is -1.06. The molecule has 15 heavy (non-hydrogen) atoms. The van der Waals surface area contributed by atoms with Gasteiger partial charge in [-0.3, -0.25) is 0 Å². The number of aromatic nitrogens is 5. The van der Waals surface area contributed by atoms with Gasteiger partial charge in [-0.1, -0.05) is 11.6 Å². The van der Waals surface area contributed by atoms with Crippen molar-refractivity contribution in [3.63, 3.8) is 0 Å². The van der Waals surface area contributed by atoms with E-state index in [0.29, 0.717) is 5.69 Å². The standard InChI is InChI=1S/C7H4ClN5O2/c8-5-1-3(7(14)15)10-6(11-5)4-2-9-13-12-4/h1-2H,(H,14,15)(H,9,12,13). The molecule has 0 saturated carbocycles. The summed E-state index contributed by atoms with van der Waals surface area (Å²) in [4.78, 5) is 18.3. The zero-order chi connectivity index (χ0) is 10.8. The Morgan fingerprint density at radius 2 is 2.27 bits per heavy atom. The average molecular weight is 226 g/mol. The van der Waals surface area contributed by atoms with E-state index in [2.05, 4.69) is 25.4 Å². The summed E-state index contributed by atoms with van der Waals surface area (Å²) in [6.45, 7) is 0. The van der Waals surface area contributed by atoms with Crippen LogP contribution in [-0.4, -0.2) is 36.5 Å². The van der Waals surface area contributed by atoms with Gasteiger partial charge in [-0.15, -0.1) is 0 Å². The molecule has 7 nitrogen and oxygen atoms in total. The molecule has 0 bridgehead atoms. The topological polar surface area (TPSA) is 105 Å².